The van der Waals surface area contributed by atoms with Gasteiger partial charge in [-0.15, -0.1) is 0 Å². The number of H-pyrrole nitrogens is 1. The number of hydrogen-bond donors (Lipinski definition) is 2. The number of amides is 2. The minimum Gasteiger partial charge on any atom is -0.450 e. The van der Waals surface area contributed by atoms with E-state index in [1.165, 1.54) is 4.90 Å². The second-order valence-electron chi connectivity index (χ2n) is 6.73. The summed E-state index contributed by atoms with van der Waals surface area (Å²) in [5, 5.41) is 1.95. The molecule has 1 aliphatic heterocycles. The summed E-state index contributed by atoms with van der Waals surface area (Å²) in [5.74, 6) is -3.67. The van der Waals surface area contributed by atoms with Crippen LogP contribution in [0.15, 0.2) is 30.6 Å². The third-order valence-electron chi connectivity index (χ3n) is 4.70. The van der Waals surface area contributed by atoms with E-state index in [0.29, 0.717) is 19.3 Å². The van der Waals surface area contributed by atoms with E-state index in [0.717, 1.165) is 37.2 Å². The van der Waals surface area contributed by atoms with E-state index in [9.17, 15) is 26.7 Å². The van der Waals surface area contributed by atoms with Crippen LogP contribution in [0.25, 0.3) is 11.0 Å². The Kier molecular flexibility index (Phi) is 4.96. The Morgan fingerprint density at radius 3 is 2.47 bits per heavy atom. The zero-order valence-electron chi connectivity index (χ0n) is 15.3. The summed E-state index contributed by atoms with van der Waals surface area (Å²) in [6, 6.07) is 2.27. The predicted octanol–water partition coefficient (Wildman–Crippen LogP) is 5.28. The summed E-state index contributed by atoms with van der Waals surface area (Å²) in [6.45, 7) is 1.10. The molecule has 6 nitrogen and oxygen atoms in total. The van der Waals surface area contributed by atoms with E-state index in [4.69, 9.17) is 4.74 Å². The molecular formula is C19H15F5N4O2. The molecule has 4 rings (SSSR count). The predicted molar refractivity (Wildman–Crippen MR) is 97.4 cm³/mol. The maximum absolute atomic E-state index is 14.5. The van der Waals surface area contributed by atoms with Crippen LogP contribution in [0.5, 0.6) is 11.5 Å². The number of carbonyl (C=O) groups is 1. The van der Waals surface area contributed by atoms with Gasteiger partial charge in [0.15, 0.2) is 17.4 Å². The quantitative estimate of drug-likeness (QED) is 0.560. The number of nitrogens with one attached hydrogen (secondary N) is 2. The van der Waals surface area contributed by atoms with Crippen LogP contribution in [0.2, 0.25) is 0 Å². The van der Waals surface area contributed by atoms with Crippen molar-refractivity contribution < 1.29 is 31.5 Å². The molecule has 1 aromatic carbocycles. The SMILES string of the molecule is O=C(Nc1cc(F)c(Oc2ccnc3[nH]cc(C(F)(F)F)c23)c(F)c1)N1CCCC1. The van der Waals surface area contributed by atoms with E-state index in [-0.39, 0.29) is 11.3 Å². The number of urea groups is 1. The molecule has 0 bridgehead atoms. The summed E-state index contributed by atoms with van der Waals surface area (Å²) in [7, 11) is 0. The van der Waals surface area contributed by atoms with Crippen LogP contribution in [0.4, 0.5) is 32.4 Å². The fraction of sp³-hybridized carbons (Fsp3) is 0.263. The summed E-state index contributed by atoms with van der Waals surface area (Å²) >= 11 is 0. The number of anilines is 1. The highest BCUT2D eigenvalue weighted by Crippen LogP contribution is 2.40. The van der Waals surface area contributed by atoms with Crippen molar-refractivity contribution in [3.8, 4) is 11.5 Å². The highest BCUT2D eigenvalue weighted by atomic mass is 19.4. The van der Waals surface area contributed by atoms with Crippen LogP contribution in [0.1, 0.15) is 18.4 Å². The largest absolute Gasteiger partial charge is 0.450 e. The van der Waals surface area contributed by atoms with Gasteiger partial charge in [-0.1, -0.05) is 0 Å². The third-order valence-corrected chi connectivity index (χ3v) is 4.70. The fourth-order valence-corrected chi connectivity index (χ4v) is 3.30. The molecule has 3 aromatic rings. The molecule has 0 radical (unpaired) electrons. The zero-order valence-corrected chi connectivity index (χ0v) is 15.3. The third kappa shape index (κ3) is 3.74. The standard InChI is InChI=1S/C19H15F5N4O2/c20-12-7-10(27-18(29)28-5-1-2-6-28)8-13(21)16(12)30-14-3-4-25-17-15(14)11(9-26-17)19(22,23)24/h3-4,7-9H,1-2,5-6H2,(H,25,26)(H,27,29). The molecule has 2 aromatic heterocycles. The average Bonchev–Trinajstić information content (AvgIpc) is 3.34. The first-order valence-electron chi connectivity index (χ1n) is 9.00. The van der Waals surface area contributed by atoms with Crippen LogP contribution in [-0.4, -0.2) is 34.0 Å². The summed E-state index contributed by atoms with van der Waals surface area (Å²) in [6.07, 6.45) is -1.17. The van der Waals surface area contributed by atoms with Gasteiger partial charge in [0.05, 0.1) is 10.9 Å². The first-order chi connectivity index (χ1) is 14.2. The van der Waals surface area contributed by atoms with Crippen LogP contribution in [0, 0.1) is 11.6 Å². The average molecular weight is 426 g/mol. The second-order valence-corrected chi connectivity index (χ2v) is 6.73. The van der Waals surface area contributed by atoms with E-state index in [2.05, 4.69) is 15.3 Å². The number of ether oxygens (including phenoxy) is 1. The van der Waals surface area contributed by atoms with Gasteiger partial charge in [-0.25, -0.2) is 18.6 Å². The fourth-order valence-electron chi connectivity index (χ4n) is 3.30. The van der Waals surface area contributed by atoms with Crippen LogP contribution in [-0.2, 0) is 6.18 Å². The van der Waals surface area contributed by atoms with Crippen molar-refractivity contribution in [2.45, 2.75) is 19.0 Å². The molecule has 1 aliphatic rings. The number of nitrogens with zero attached hydrogens (tertiary/aromatic N) is 2. The number of benzene rings is 1. The monoisotopic (exact) mass is 426 g/mol. The molecule has 0 unspecified atom stereocenters. The molecule has 1 saturated heterocycles. The molecule has 0 spiro atoms. The number of aromatic amines is 1. The molecule has 11 heteroatoms. The zero-order chi connectivity index (χ0) is 21.5. The number of alkyl halides is 3. The highest BCUT2D eigenvalue weighted by Gasteiger charge is 2.35. The minimum atomic E-state index is -4.72. The smallest absolute Gasteiger partial charge is 0.418 e. The van der Waals surface area contributed by atoms with Gasteiger partial charge in [-0.3, -0.25) is 0 Å². The van der Waals surface area contributed by atoms with Crippen molar-refractivity contribution in [3.63, 3.8) is 0 Å². The lowest BCUT2D eigenvalue weighted by Crippen LogP contribution is -2.32. The van der Waals surface area contributed by atoms with Crippen LogP contribution >= 0.6 is 0 Å². The minimum absolute atomic E-state index is 0.133. The van der Waals surface area contributed by atoms with Gasteiger partial charge >= 0.3 is 12.2 Å². The van der Waals surface area contributed by atoms with Gasteiger partial charge in [-0.2, -0.15) is 13.2 Å². The normalized spacial score (nSPS) is 14.4. The Balaban J connectivity index is 1.64. The van der Waals surface area contributed by atoms with E-state index < -0.39 is 46.3 Å². The number of pyridine rings is 1. The van der Waals surface area contributed by atoms with Crippen molar-refractivity contribution in [1.82, 2.24) is 14.9 Å². The number of likely N-dealkylation sites (tertiary alicyclic amines) is 1. The first-order valence-corrected chi connectivity index (χ1v) is 9.00. The van der Waals surface area contributed by atoms with Crippen molar-refractivity contribution in [3.05, 3.63) is 47.8 Å². The molecule has 158 valence electrons. The lowest BCUT2D eigenvalue weighted by Gasteiger charge is -2.17. The topological polar surface area (TPSA) is 70.2 Å². The van der Waals surface area contributed by atoms with Gasteiger partial charge < -0.3 is 19.9 Å². The first kappa shape index (κ1) is 19.9. The Labute approximate surface area is 166 Å². The van der Waals surface area contributed by atoms with Crippen molar-refractivity contribution >= 4 is 22.8 Å². The number of rotatable bonds is 3. The van der Waals surface area contributed by atoms with Gasteiger partial charge in [0.1, 0.15) is 11.4 Å². The van der Waals surface area contributed by atoms with Gasteiger partial charge in [0.2, 0.25) is 0 Å². The van der Waals surface area contributed by atoms with Crippen LogP contribution < -0.4 is 10.1 Å². The van der Waals surface area contributed by atoms with Crippen molar-refractivity contribution in [2.75, 3.05) is 18.4 Å². The Morgan fingerprint density at radius 1 is 1.17 bits per heavy atom. The maximum atomic E-state index is 14.5. The van der Waals surface area contributed by atoms with Gasteiger partial charge in [0, 0.05) is 43.3 Å². The van der Waals surface area contributed by atoms with E-state index in [1.54, 1.807) is 0 Å². The number of halogens is 5. The van der Waals surface area contributed by atoms with Gasteiger partial charge in [0.25, 0.3) is 0 Å². The maximum Gasteiger partial charge on any atom is 0.418 e. The number of carbonyl (C=O) groups excluding carboxylic acids is 1. The lowest BCUT2D eigenvalue weighted by molar-refractivity contribution is -0.136. The molecular weight excluding hydrogens is 411 g/mol. The molecule has 0 aliphatic carbocycles. The molecule has 0 atom stereocenters. The Hall–Kier alpha value is -3.37. The number of hydrogen-bond acceptors (Lipinski definition) is 3. The number of fused-ring (bicyclic) bond motifs is 1. The number of aromatic nitrogens is 2. The molecule has 30 heavy (non-hydrogen) atoms. The molecule has 2 N–H and O–H groups in total. The van der Waals surface area contributed by atoms with E-state index in [1.807, 2.05) is 0 Å². The van der Waals surface area contributed by atoms with Crippen molar-refractivity contribution in [2.24, 2.45) is 0 Å². The lowest BCUT2D eigenvalue weighted by atomic mass is 10.2. The van der Waals surface area contributed by atoms with Crippen molar-refractivity contribution in [1.29, 1.82) is 0 Å². The molecule has 1 fully saturated rings. The van der Waals surface area contributed by atoms with Crippen LogP contribution in [0.3, 0.4) is 0 Å². The molecule has 0 saturated carbocycles. The summed E-state index contributed by atoms with van der Waals surface area (Å²) in [5.41, 5.74) is -1.35. The molecule has 2 amide bonds. The molecule has 3 heterocycles. The Bertz CT molecular complexity index is 1080. The van der Waals surface area contributed by atoms with E-state index >= 15 is 0 Å². The summed E-state index contributed by atoms with van der Waals surface area (Å²) in [4.78, 5) is 19.7. The highest BCUT2D eigenvalue weighted by molar-refractivity contribution is 5.90. The second kappa shape index (κ2) is 7.47. The summed E-state index contributed by atoms with van der Waals surface area (Å²) < 4.78 is 73.9. The van der Waals surface area contributed by atoms with Gasteiger partial charge in [-0.05, 0) is 18.9 Å². The Morgan fingerprint density at radius 2 is 1.83 bits per heavy atom.